The highest BCUT2D eigenvalue weighted by Gasteiger charge is 2.24. The Hall–Kier alpha value is -1.85. The van der Waals surface area contributed by atoms with Crippen LogP contribution in [0.4, 0.5) is 5.69 Å². The van der Waals surface area contributed by atoms with Gasteiger partial charge in [-0.25, -0.2) is 0 Å². The Bertz CT molecular complexity index is 802. The summed E-state index contributed by atoms with van der Waals surface area (Å²) >= 11 is 7.12. The largest absolute Gasteiger partial charge is 0.336 e. The van der Waals surface area contributed by atoms with Crippen molar-refractivity contribution < 1.29 is 9.59 Å². The van der Waals surface area contributed by atoms with E-state index in [1.165, 1.54) is 17.8 Å². The molecule has 4 nitrogen and oxygen atoms in total. The molecule has 1 N–H and O–H groups in total. The van der Waals surface area contributed by atoms with Crippen LogP contribution in [0, 0.1) is 6.92 Å². The van der Waals surface area contributed by atoms with Crippen LogP contribution in [0.3, 0.4) is 0 Å². The van der Waals surface area contributed by atoms with Crippen LogP contribution in [0.1, 0.15) is 51.8 Å². The van der Waals surface area contributed by atoms with Gasteiger partial charge in [0.05, 0.1) is 9.21 Å². The van der Waals surface area contributed by atoms with E-state index in [0.717, 1.165) is 24.9 Å². The maximum Gasteiger partial charge on any atom is 0.265 e. The number of hydrogen-bond donors (Lipinski definition) is 1. The Morgan fingerprint density at radius 1 is 1.24 bits per heavy atom. The number of aryl methyl sites for hydroxylation is 1. The minimum Gasteiger partial charge on any atom is -0.336 e. The number of thiophene rings is 1. The van der Waals surface area contributed by atoms with E-state index in [-0.39, 0.29) is 17.9 Å². The van der Waals surface area contributed by atoms with Crippen LogP contribution in [0.25, 0.3) is 0 Å². The van der Waals surface area contributed by atoms with Gasteiger partial charge in [0.25, 0.3) is 11.8 Å². The fourth-order valence-corrected chi connectivity index (χ4v) is 4.06. The van der Waals surface area contributed by atoms with Crippen LogP contribution in [0.2, 0.25) is 4.34 Å². The van der Waals surface area contributed by atoms with Gasteiger partial charge >= 0.3 is 0 Å². The summed E-state index contributed by atoms with van der Waals surface area (Å²) in [7, 11) is 0. The van der Waals surface area contributed by atoms with Crippen molar-refractivity contribution in [1.29, 1.82) is 0 Å². The minimum absolute atomic E-state index is 0.0678. The molecule has 132 valence electrons. The lowest BCUT2D eigenvalue weighted by molar-refractivity contribution is 0.0635. The Kier molecular flexibility index (Phi) is 5.45. The van der Waals surface area contributed by atoms with Gasteiger partial charge in [-0.2, -0.15) is 0 Å². The third-order valence-corrected chi connectivity index (χ3v) is 5.81. The molecule has 0 aliphatic carbocycles. The number of hydrogen-bond acceptors (Lipinski definition) is 3. The smallest absolute Gasteiger partial charge is 0.265 e. The van der Waals surface area contributed by atoms with Gasteiger partial charge in [0, 0.05) is 23.8 Å². The van der Waals surface area contributed by atoms with Crippen molar-refractivity contribution in [3.05, 3.63) is 50.7 Å². The fraction of sp³-hybridized carbons (Fsp3) is 0.368. The number of piperidine rings is 1. The van der Waals surface area contributed by atoms with Crippen LogP contribution in [0.15, 0.2) is 30.3 Å². The normalized spacial score (nSPS) is 17.4. The van der Waals surface area contributed by atoms with Gasteiger partial charge in [-0.15, -0.1) is 11.3 Å². The van der Waals surface area contributed by atoms with E-state index >= 15 is 0 Å². The molecule has 1 atom stereocenters. The molecule has 3 rings (SSSR count). The van der Waals surface area contributed by atoms with Gasteiger partial charge in [0.15, 0.2) is 0 Å². The highest BCUT2D eigenvalue weighted by molar-refractivity contribution is 7.18. The molecule has 0 radical (unpaired) electrons. The topological polar surface area (TPSA) is 49.4 Å². The summed E-state index contributed by atoms with van der Waals surface area (Å²) in [5.41, 5.74) is 2.24. The second-order valence-corrected chi connectivity index (χ2v) is 8.15. The quantitative estimate of drug-likeness (QED) is 0.821. The first-order valence-electron chi connectivity index (χ1n) is 8.44. The van der Waals surface area contributed by atoms with Crippen LogP contribution >= 0.6 is 22.9 Å². The summed E-state index contributed by atoms with van der Waals surface area (Å²) in [6.07, 6.45) is 3.30. The van der Waals surface area contributed by atoms with Crippen molar-refractivity contribution in [2.75, 3.05) is 11.9 Å². The van der Waals surface area contributed by atoms with Crippen molar-refractivity contribution >= 4 is 40.4 Å². The van der Waals surface area contributed by atoms with E-state index in [1.54, 1.807) is 24.3 Å². The lowest BCUT2D eigenvalue weighted by atomic mass is 10.0. The zero-order valence-electron chi connectivity index (χ0n) is 14.3. The van der Waals surface area contributed by atoms with Crippen molar-refractivity contribution in [2.45, 2.75) is 39.2 Å². The van der Waals surface area contributed by atoms with E-state index in [0.29, 0.717) is 20.5 Å². The van der Waals surface area contributed by atoms with Gasteiger partial charge in [0.2, 0.25) is 0 Å². The zero-order chi connectivity index (χ0) is 18.0. The maximum absolute atomic E-state index is 12.7. The summed E-state index contributed by atoms with van der Waals surface area (Å²) in [4.78, 5) is 27.5. The lowest BCUT2D eigenvalue weighted by Crippen LogP contribution is -2.42. The molecule has 1 unspecified atom stereocenters. The molecule has 1 aliphatic rings. The van der Waals surface area contributed by atoms with Gasteiger partial charge in [0.1, 0.15) is 0 Å². The number of anilines is 1. The summed E-state index contributed by atoms with van der Waals surface area (Å²) in [6.45, 7) is 4.81. The van der Waals surface area contributed by atoms with Crippen LogP contribution in [-0.2, 0) is 0 Å². The molecule has 1 saturated heterocycles. The molecule has 25 heavy (non-hydrogen) atoms. The van der Waals surface area contributed by atoms with Crippen molar-refractivity contribution in [3.8, 4) is 0 Å². The number of benzene rings is 1. The minimum atomic E-state index is -0.191. The van der Waals surface area contributed by atoms with E-state index in [2.05, 4.69) is 12.2 Å². The van der Waals surface area contributed by atoms with Gasteiger partial charge < -0.3 is 10.2 Å². The van der Waals surface area contributed by atoms with E-state index in [4.69, 9.17) is 11.6 Å². The Morgan fingerprint density at radius 3 is 2.68 bits per heavy atom. The molecule has 0 bridgehead atoms. The number of carbonyl (C=O) groups is 2. The fourth-order valence-electron chi connectivity index (χ4n) is 3.12. The highest BCUT2D eigenvalue weighted by Crippen LogP contribution is 2.25. The zero-order valence-corrected chi connectivity index (χ0v) is 15.9. The molecule has 1 aliphatic heterocycles. The van der Waals surface area contributed by atoms with Crippen molar-refractivity contribution in [3.63, 3.8) is 0 Å². The first-order valence-corrected chi connectivity index (χ1v) is 9.63. The molecule has 1 aromatic carbocycles. The Morgan fingerprint density at radius 2 is 2.04 bits per heavy atom. The van der Waals surface area contributed by atoms with E-state index < -0.39 is 0 Å². The maximum atomic E-state index is 12.7. The standard InChI is InChI=1S/C19H21ClN2O2S/c1-12-11-14(19(24)22-10-4-3-5-13(22)2)6-7-15(12)21-18(23)16-8-9-17(20)25-16/h6-9,11,13H,3-5,10H2,1-2H3,(H,21,23). The molecular weight excluding hydrogens is 356 g/mol. The number of rotatable bonds is 3. The van der Waals surface area contributed by atoms with Gasteiger partial charge in [-0.1, -0.05) is 11.6 Å². The van der Waals surface area contributed by atoms with Crippen molar-refractivity contribution in [1.82, 2.24) is 4.90 Å². The molecule has 2 aromatic rings. The molecule has 0 saturated carbocycles. The SMILES string of the molecule is Cc1cc(C(=O)N2CCCCC2C)ccc1NC(=O)c1ccc(Cl)s1. The monoisotopic (exact) mass is 376 g/mol. The predicted molar refractivity (Wildman–Crippen MR) is 103 cm³/mol. The average molecular weight is 377 g/mol. The van der Waals surface area contributed by atoms with Crippen LogP contribution < -0.4 is 5.32 Å². The first kappa shape index (κ1) is 18.0. The molecule has 6 heteroatoms. The number of carbonyl (C=O) groups excluding carboxylic acids is 2. The second kappa shape index (κ2) is 7.58. The molecule has 1 aromatic heterocycles. The predicted octanol–water partition coefficient (Wildman–Crippen LogP) is 4.98. The Balaban J connectivity index is 1.74. The number of likely N-dealkylation sites (tertiary alicyclic amines) is 1. The number of nitrogens with zero attached hydrogens (tertiary/aromatic N) is 1. The number of amides is 2. The molecule has 0 spiro atoms. The van der Waals surface area contributed by atoms with Crippen LogP contribution in [0.5, 0.6) is 0 Å². The third kappa shape index (κ3) is 4.05. The molecule has 1 fully saturated rings. The molecule has 2 heterocycles. The van der Waals surface area contributed by atoms with E-state index in [1.807, 2.05) is 17.9 Å². The highest BCUT2D eigenvalue weighted by atomic mass is 35.5. The van der Waals surface area contributed by atoms with Crippen LogP contribution in [-0.4, -0.2) is 29.3 Å². The molecule has 2 amide bonds. The number of halogens is 1. The van der Waals surface area contributed by atoms with Gasteiger partial charge in [-0.3, -0.25) is 9.59 Å². The number of nitrogens with one attached hydrogen (secondary N) is 1. The Labute approximate surface area is 156 Å². The summed E-state index contributed by atoms with van der Waals surface area (Å²) < 4.78 is 0.582. The first-order chi connectivity index (χ1) is 12.0. The lowest BCUT2D eigenvalue weighted by Gasteiger charge is -2.33. The third-order valence-electron chi connectivity index (χ3n) is 4.58. The summed E-state index contributed by atoms with van der Waals surface area (Å²) in [5, 5.41) is 2.88. The summed E-state index contributed by atoms with van der Waals surface area (Å²) in [6, 6.07) is 9.12. The molecular formula is C19H21ClN2O2S. The summed E-state index contributed by atoms with van der Waals surface area (Å²) in [5.74, 6) is -0.123. The van der Waals surface area contributed by atoms with Gasteiger partial charge in [-0.05, 0) is 69.0 Å². The van der Waals surface area contributed by atoms with E-state index in [9.17, 15) is 9.59 Å². The average Bonchev–Trinajstić information content (AvgIpc) is 3.03. The van der Waals surface area contributed by atoms with Crippen molar-refractivity contribution in [2.24, 2.45) is 0 Å². The second-order valence-electron chi connectivity index (χ2n) is 6.43.